The number of halogens is 6. The van der Waals surface area contributed by atoms with Gasteiger partial charge in [0.2, 0.25) is 0 Å². The maximum Gasteiger partial charge on any atom is 0.150 e. The summed E-state index contributed by atoms with van der Waals surface area (Å²) in [6, 6.07) is 18.7. The van der Waals surface area contributed by atoms with Crippen molar-refractivity contribution in [3.8, 4) is 11.1 Å². The van der Waals surface area contributed by atoms with E-state index in [1.807, 2.05) is 6.07 Å². The first-order valence-corrected chi connectivity index (χ1v) is 7.77. The predicted octanol–water partition coefficient (Wildman–Crippen LogP) is 6.11. The number of benzene rings is 2. The summed E-state index contributed by atoms with van der Waals surface area (Å²) >= 11 is 3.47. The Morgan fingerprint density at radius 3 is 1.35 bits per heavy atom. The molecule has 0 bridgehead atoms. The molecule has 0 nitrogen and oxygen atoms in total. The minimum Gasteiger partial charge on any atom is -0.0622 e. The first-order valence-electron chi connectivity index (χ1n) is 5.25. The van der Waals surface area contributed by atoms with E-state index in [-0.39, 0.29) is 0 Å². The maximum absolute atomic E-state index is 10.7. The molecule has 0 N–H and O–H groups in total. The second-order valence-electron chi connectivity index (χ2n) is 3.90. The van der Waals surface area contributed by atoms with Crippen LogP contribution in [0.15, 0.2) is 59.5 Å². The van der Waals surface area contributed by atoms with Gasteiger partial charge in [-0.15, -0.1) is 0 Å². The van der Waals surface area contributed by atoms with Crippen molar-refractivity contribution in [2.45, 2.75) is 4.90 Å². The van der Waals surface area contributed by atoms with Gasteiger partial charge in [-0.3, -0.25) is 0 Å². The van der Waals surface area contributed by atoms with Crippen molar-refractivity contribution in [3.05, 3.63) is 54.6 Å². The molecule has 0 atom stereocenters. The molecule has 0 fully saturated rings. The Morgan fingerprint density at radius 2 is 0.950 bits per heavy atom. The first-order chi connectivity index (χ1) is 8.81. The van der Waals surface area contributed by atoms with Gasteiger partial charge < -0.3 is 0 Å². The molecule has 0 radical (unpaired) electrons. The van der Waals surface area contributed by atoms with Crippen LogP contribution in [0.25, 0.3) is 11.1 Å². The Bertz CT molecular complexity index is 551. The minimum absolute atomic E-state index is 1.11. The van der Waals surface area contributed by atoms with Crippen LogP contribution < -0.4 is 0 Å². The summed E-state index contributed by atoms with van der Waals surface area (Å²) in [6.07, 6.45) is 0. The summed E-state index contributed by atoms with van der Waals surface area (Å²) in [4.78, 5) is 1.11. The van der Waals surface area contributed by atoms with Crippen LogP contribution in [-0.2, 0) is 12.6 Å². The van der Waals surface area contributed by atoms with Gasteiger partial charge in [-0.05, 0) is 48.0 Å². The molecule has 0 unspecified atom stereocenters. The molecule has 0 aromatic heterocycles. The standard InChI is InChI=1S/C12H10S.F6P/c13-12-8-6-11(7-9-12)10-4-2-1-3-5-10;1-7(2,3,4,5)6/h1-9,13H;/q;-1/p+1. The molecule has 0 saturated heterocycles. The second-order valence-corrected chi connectivity index (χ2v) is 6.40. The molecule has 0 saturated carbocycles. The van der Waals surface area contributed by atoms with Gasteiger partial charge >= 0.3 is 33.0 Å². The second kappa shape index (κ2) is 4.97. The normalized spacial score (nSPS) is 14.6. The Labute approximate surface area is 117 Å². The van der Waals surface area contributed by atoms with E-state index < -0.39 is 7.81 Å². The van der Waals surface area contributed by atoms with Gasteiger partial charge in [0.15, 0.2) is 0 Å². The average molecular weight is 332 g/mol. The van der Waals surface area contributed by atoms with Crippen molar-refractivity contribution in [1.82, 2.24) is 0 Å². The van der Waals surface area contributed by atoms with E-state index in [0.717, 1.165) is 4.90 Å². The van der Waals surface area contributed by atoms with E-state index in [1.54, 1.807) is 0 Å². The third-order valence-electron chi connectivity index (χ3n) is 1.99. The van der Waals surface area contributed by atoms with Crippen LogP contribution in [0, 0.1) is 0 Å². The van der Waals surface area contributed by atoms with Crippen LogP contribution in [0.5, 0.6) is 0 Å². The molecule has 2 rings (SSSR count). The van der Waals surface area contributed by atoms with E-state index in [4.69, 9.17) is 0 Å². The smallest absolute Gasteiger partial charge is 0.0622 e. The average Bonchev–Trinajstić information content (AvgIpc) is 2.27. The number of hydrogen-bond acceptors (Lipinski definition) is 0. The Hall–Kier alpha value is -1.20. The molecule has 2 aromatic carbocycles. The van der Waals surface area contributed by atoms with Crippen molar-refractivity contribution in [3.63, 3.8) is 0 Å². The van der Waals surface area contributed by atoms with Gasteiger partial charge in [0, 0.05) is 0 Å². The van der Waals surface area contributed by atoms with E-state index in [2.05, 4.69) is 61.2 Å². The van der Waals surface area contributed by atoms with Gasteiger partial charge in [-0.1, -0.05) is 30.3 Å². The molecule has 112 valence electrons. The molecular weight excluding hydrogens is 321 g/mol. The molecule has 8 heteroatoms. The summed E-state index contributed by atoms with van der Waals surface area (Å²) in [6.45, 7) is 0. The van der Waals surface area contributed by atoms with E-state index in [0.29, 0.717) is 0 Å². The summed E-state index contributed by atoms with van der Waals surface area (Å²) in [5.41, 5.74) is 2.51. The van der Waals surface area contributed by atoms with Gasteiger partial charge in [0.1, 0.15) is 4.90 Å². The zero-order valence-corrected chi connectivity index (χ0v) is 11.8. The van der Waals surface area contributed by atoms with Crippen LogP contribution in [0.3, 0.4) is 0 Å². The molecule has 0 aliphatic heterocycles. The third-order valence-corrected chi connectivity index (χ3v) is 2.33. The van der Waals surface area contributed by atoms with Gasteiger partial charge in [0.05, 0.1) is 0 Å². The largest absolute Gasteiger partial charge is 0.150 e. The van der Waals surface area contributed by atoms with Gasteiger partial charge in [-0.25, -0.2) is 0 Å². The Balaban J connectivity index is 0.000000246. The van der Waals surface area contributed by atoms with Crippen molar-refractivity contribution in [2.24, 2.45) is 0 Å². The molecular formula is C12H11F6PS. The first kappa shape index (κ1) is 16.9. The van der Waals surface area contributed by atoms with Crippen molar-refractivity contribution in [1.29, 1.82) is 0 Å². The molecule has 0 aliphatic carbocycles. The number of rotatable bonds is 1. The van der Waals surface area contributed by atoms with Gasteiger partial charge in [-0.2, -0.15) is 0 Å². The molecule has 2 aromatic rings. The number of hydrogen-bond donors (Lipinski definition) is 0. The molecule has 0 aliphatic rings. The quantitative estimate of drug-likeness (QED) is 0.336. The topological polar surface area (TPSA) is 0 Å². The van der Waals surface area contributed by atoms with Gasteiger partial charge in [0.25, 0.3) is 0 Å². The maximum atomic E-state index is 9.87. The third kappa shape index (κ3) is 9.69. The van der Waals surface area contributed by atoms with Crippen molar-refractivity contribution >= 4 is 20.4 Å². The van der Waals surface area contributed by atoms with Crippen LogP contribution >= 0.6 is 7.81 Å². The van der Waals surface area contributed by atoms with Crippen LogP contribution in [-0.4, -0.2) is 0 Å². The summed E-state index contributed by atoms with van der Waals surface area (Å²) in [5, 5.41) is 0. The zero-order valence-electron chi connectivity index (χ0n) is 9.91. The molecule has 0 heterocycles. The predicted molar refractivity (Wildman–Crippen MR) is 73.9 cm³/mol. The summed E-state index contributed by atoms with van der Waals surface area (Å²) < 4.78 is 59.2. The molecule has 20 heavy (non-hydrogen) atoms. The van der Waals surface area contributed by atoms with E-state index in [9.17, 15) is 25.2 Å². The van der Waals surface area contributed by atoms with E-state index >= 15 is 0 Å². The van der Waals surface area contributed by atoms with Crippen molar-refractivity contribution < 1.29 is 25.2 Å². The van der Waals surface area contributed by atoms with Crippen molar-refractivity contribution in [2.75, 3.05) is 0 Å². The summed E-state index contributed by atoms with van der Waals surface area (Å²) in [5.74, 6) is 0. The zero-order chi connectivity index (χ0) is 15.5. The molecule has 0 spiro atoms. The fourth-order valence-electron chi connectivity index (χ4n) is 1.29. The fraction of sp³-hybridized carbons (Fsp3) is 0. The molecule has 0 amide bonds. The summed E-state index contributed by atoms with van der Waals surface area (Å²) in [7, 11) is -10.7. The minimum atomic E-state index is -10.7. The Morgan fingerprint density at radius 1 is 0.600 bits per heavy atom. The van der Waals surface area contributed by atoms with Crippen LogP contribution in [0.1, 0.15) is 0 Å². The fourth-order valence-corrected chi connectivity index (χ4v) is 1.46. The Kier molecular flexibility index (Phi) is 4.19. The van der Waals surface area contributed by atoms with Crippen LogP contribution in [0.2, 0.25) is 0 Å². The van der Waals surface area contributed by atoms with Crippen LogP contribution in [0.4, 0.5) is 25.2 Å². The van der Waals surface area contributed by atoms with E-state index in [1.165, 1.54) is 11.1 Å². The SMILES string of the molecule is F[P-](F)(F)(F)(F)F.[SH2+]c1ccc(-c2ccccc2)cc1. The monoisotopic (exact) mass is 332 g/mol.